The lowest BCUT2D eigenvalue weighted by molar-refractivity contribution is -0.208. The first-order valence-electron chi connectivity index (χ1n) is 10.6. The quantitative estimate of drug-likeness (QED) is 0.353. The number of carbonyl (C=O) groups is 1. The lowest BCUT2D eigenvalue weighted by atomic mass is 9.88. The van der Waals surface area contributed by atoms with Gasteiger partial charge in [0.15, 0.2) is 0 Å². The maximum absolute atomic E-state index is 12.9. The van der Waals surface area contributed by atoms with Crippen molar-refractivity contribution in [2.45, 2.75) is 94.8 Å². The molecule has 2 aliphatic rings. The number of aliphatic hydroxyl groups excluding tert-OH is 3. The van der Waals surface area contributed by atoms with Crippen molar-refractivity contribution in [1.82, 2.24) is 10.6 Å². The molecule has 0 bridgehead atoms. The number of amides is 1. The average molecular weight is 419 g/mol. The van der Waals surface area contributed by atoms with Gasteiger partial charge in [0.25, 0.3) is 0 Å². The smallest absolute Gasteiger partial charge is 0.237 e. The van der Waals surface area contributed by atoms with Crippen LogP contribution in [0.15, 0.2) is 0 Å². The van der Waals surface area contributed by atoms with E-state index in [0.717, 1.165) is 19.4 Å². The SMILES string of the molecule is CCCCCC1CNC(C(=O)N[C@H](C(C)C)[C@H]2O[C@H](SC)[C@H](O)[C@@H](O)[C@H]2O)C1. The van der Waals surface area contributed by atoms with Gasteiger partial charge in [-0.05, 0) is 37.5 Å². The first kappa shape index (κ1) is 23.9. The zero-order valence-electron chi connectivity index (χ0n) is 17.5. The third-order valence-electron chi connectivity index (χ3n) is 5.97. The van der Waals surface area contributed by atoms with Crippen molar-refractivity contribution in [3.8, 4) is 0 Å². The summed E-state index contributed by atoms with van der Waals surface area (Å²) in [4.78, 5) is 12.9. The number of hydrogen-bond acceptors (Lipinski definition) is 7. The van der Waals surface area contributed by atoms with Gasteiger partial charge in [0.05, 0.1) is 12.1 Å². The lowest BCUT2D eigenvalue weighted by Crippen LogP contribution is -2.64. The average Bonchev–Trinajstić information content (AvgIpc) is 3.14. The minimum Gasteiger partial charge on any atom is -0.388 e. The monoisotopic (exact) mass is 418 g/mol. The Balaban J connectivity index is 1.98. The van der Waals surface area contributed by atoms with Crippen molar-refractivity contribution in [2.75, 3.05) is 12.8 Å². The number of unbranched alkanes of at least 4 members (excludes halogenated alkanes) is 2. The van der Waals surface area contributed by atoms with Gasteiger partial charge >= 0.3 is 0 Å². The van der Waals surface area contributed by atoms with Crippen LogP contribution in [0.3, 0.4) is 0 Å². The molecule has 8 heteroatoms. The van der Waals surface area contributed by atoms with E-state index in [4.69, 9.17) is 4.74 Å². The van der Waals surface area contributed by atoms with Gasteiger partial charge in [0.2, 0.25) is 5.91 Å². The number of thioether (sulfide) groups is 1. The van der Waals surface area contributed by atoms with Crippen molar-refractivity contribution < 1.29 is 24.9 Å². The summed E-state index contributed by atoms with van der Waals surface area (Å²) in [5.41, 5.74) is -0.644. The molecule has 0 aromatic rings. The van der Waals surface area contributed by atoms with Crippen LogP contribution in [0.25, 0.3) is 0 Å². The minimum absolute atomic E-state index is 0.00435. The predicted molar refractivity (Wildman–Crippen MR) is 111 cm³/mol. The molecule has 2 rings (SSSR count). The Bertz CT molecular complexity index is 493. The Morgan fingerprint density at radius 2 is 1.93 bits per heavy atom. The molecule has 0 aromatic heterocycles. The molecule has 0 aromatic carbocycles. The molecule has 2 heterocycles. The maximum atomic E-state index is 12.9. The van der Waals surface area contributed by atoms with E-state index in [0.29, 0.717) is 5.92 Å². The van der Waals surface area contributed by atoms with Crippen LogP contribution in [0.2, 0.25) is 0 Å². The highest BCUT2D eigenvalue weighted by atomic mass is 32.2. The van der Waals surface area contributed by atoms with Gasteiger partial charge in [-0.25, -0.2) is 0 Å². The summed E-state index contributed by atoms with van der Waals surface area (Å²) in [5.74, 6) is 0.429. The zero-order chi connectivity index (χ0) is 20.8. The van der Waals surface area contributed by atoms with Gasteiger partial charge in [-0.2, -0.15) is 0 Å². The summed E-state index contributed by atoms with van der Waals surface area (Å²) in [6.07, 6.45) is 2.86. The van der Waals surface area contributed by atoms with Gasteiger partial charge < -0.3 is 30.7 Å². The standard InChI is InChI=1S/C20H38N2O5S/c1-5-6-7-8-12-9-13(21-10-12)19(26)22-14(11(2)3)18-16(24)15(23)17(25)20(27-18)28-4/h11-18,20-21,23-25H,5-10H2,1-4H3,(H,22,26)/t12?,13?,14-,15+,16-,17-,18-,20-/m1/s1. The van der Waals surface area contributed by atoms with Crippen molar-refractivity contribution in [3.63, 3.8) is 0 Å². The molecule has 0 radical (unpaired) electrons. The van der Waals surface area contributed by atoms with Crippen LogP contribution in [0.4, 0.5) is 0 Å². The maximum Gasteiger partial charge on any atom is 0.237 e. The van der Waals surface area contributed by atoms with Crippen molar-refractivity contribution in [1.29, 1.82) is 0 Å². The Kier molecular flexibility index (Phi) is 9.50. The van der Waals surface area contributed by atoms with E-state index in [-0.39, 0.29) is 17.9 Å². The predicted octanol–water partition coefficient (Wildman–Crippen LogP) is 0.856. The molecule has 28 heavy (non-hydrogen) atoms. The summed E-state index contributed by atoms with van der Waals surface area (Å²) in [6, 6.07) is -0.694. The topological polar surface area (TPSA) is 111 Å². The highest BCUT2D eigenvalue weighted by molar-refractivity contribution is 7.99. The fraction of sp³-hybridized carbons (Fsp3) is 0.950. The summed E-state index contributed by atoms with van der Waals surface area (Å²) in [5, 5.41) is 37.1. The van der Waals surface area contributed by atoms with Crippen molar-refractivity contribution in [3.05, 3.63) is 0 Å². The number of rotatable bonds is 9. The molecule has 164 valence electrons. The molecule has 1 amide bonds. The van der Waals surface area contributed by atoms with E-state index < -0.39 is 35.9 Å². The highest BCUT2D eigenvalue weighted by Gasteiger charge is 2.47. The second-order valence-electron chi connectivity index (χ2n) is 8.51. The molecule has 7 nitrogen and oxygen atoms in total. The molecular formula is C20H38N2O5S. The van der Waals surface area contributed by atoms with Gasteiger partial charge in [-0.15, -0.1) is 11.8 Å². The number of nitrogens with one attached hydrogen (secondary N) is 2. The molecule has 0 aliphatic carbocycles. The molecule has 0 spiro atoms. The van der Waals surface area contributed by atoms with Crippen LogP contribution in [0, 0.1) is 11.8 Å². The van der Waals surface area contributed by atoms with Crippen LogP contribution in [0.5, 0.6) is 0 Å². The third-order valence-corrected chi connectivity index (χ3v) is 6.83. The highest BCUT2D eigenvalue weighted by Crippen LogP contribution is 2.30. The van der Waals surface area contributed by atoms with Crippen LogP contribution in [-0.4, -0.2) is 76.0 Å². The number of hydrogen-bond donors (Lipinski definition) is 5. The van der Waals surface area contributed by atoms with Crippen LogP contribution < -0.4 is 10.6 Å². The lowest BCUT2D eigenvalue weighted by Gasteiger charge is -2.44. The first-order valence-corrected chi connectivity index (χ1v) is 11.8. The number of aliphatic hydroxyl groups is 3. The van der Waals surface area contributed by atoms with Crippen LogP contribution in [0.1, 0.15) is 52.9 Å². The molecule has 0 saturated carbocycles. The summed E-state index contributed by atoms with van der Waals surface area (Å²) in [6.45, 7) is 6.94. The summed E-state index contributed by atoms with van der Waals surface area (Å²) >= 11 is 1.28. The second kappa shape index (κ2) is 11.1. The fourth-order valence-electron chi connectivity index (χ4n) is 4.17. The van der Waals surface area contributed by atoms with E-state index in [1.807, 2.05) is 13.8 Å². The minimum atomic E-state index is -1.30. The van der Waals surface area contributed by atoms with Crippen LogP contribution >= 0.6 is 11.8 Å². The van der Waals surface area contributed by atoms with Crippen LogP contribution in [-0.2, 0) is 9.53 Å². The van der Waals surface area contributed by atoms with Gasteiger partial charge in [0.1, 0.15) is 29.9 Å². The van der Waals surface area contributed by atoms with Crippen molar-refractivity contribution in [2.24, 2.45) is 11.8 Å². The molecule has 8 atom stereocenters. The number of carbonyl (C=O) groups excluding carboxylic acids is 1. The zero-order valence-corrected chi connectivity index (χ0v) is 18.3. The molecule has 2 aliphatic heterocycles. The van der Waals surface area contributed by atoms with E-state index in [9.17, 15) is 20.1 Å². The molecule has 2 saturated heterocycles. The Morgan fingerprint density at radius 1 is 1.21 bits per heavy atom. The first-order chi connectivity index (χ1) is 13.3. The van der Waals surface area contributed by atoms with Gasteiger partial charge in [-0.3, -0.25) is 4.79 Å². The van der Waals surface area contributed by atoms with E-state index >= 15 is 0 Å². The van der Waals surface area contributed by atoms with E-state index in [2.05, 4.69) is 17.6 Å². The molecular weight excluding hydrogens is 380 g/mol. The fourth-order valence-corrected chi connectivity index (χ4v) is 4.85. The summed E-state index contributed by atoms with van der Waals surface area (Å²) < 4.78 is 5.87. The van der Waals surface area contributed by atoms with Crippen molar-refractivity contribution >= 4 is 17.7 Å². The Morgan fingerprint density at radius 3 is 2.54 bits per heavy atom. The third kappa shape index (κ3) is 5.83. The molecule has 2 fully saturated rings. The Labute approximate surface area is 173 Å². The number of ether oxygens (including phenoxy) is 1. The van der Waals surface area contributed by atoms with Gasteiger partial charge in [-0.1, -0.05) is 40.0 Å². The largest absolute Gasteiger partial charge is 0.388 e. The van der Waals surface area contributed by atoms with Gasteiger partial charge in [0, 0.05) is 0 Å². The van der Waals surface area contributed by atoms with E-state index in [1.165, 1.54) is 31.0 Å². The Hall–Kier alpha value is -0.380. The molecule has 2 unspecified atom stereocenters. The normalized spacial score (nSPS) is 37.2. The molecule has 5 N–H and O–H groups in total. The summed E-state index contributed by atoms with van der Waals surface area (Å²) in [7, 11) is 0. The second-order valence-corrected chi connectivity index (χ2v) is 9.45. The van der Waals surface area contributed by atoms with E-state index in [1.54, 1.807) is 6.26 Å².